The van der Waals surface area contributed by atoms with Crippen LogP contribution in [0.5, 0.6) is 5.75 Å². The standard InChI is InChI=1S/C23H33N5O2/c1-5-26-13-14-28(17(4)22(26)29)18-9-11-27(12-10-18)23-24-16(3)20-15-19(30-6-2)7-8-21(20)25-23/h7-8,15,17-18H,5-6,9-14H2,1-4H3/t17-/m0/s1. The molecule has 2 aliphatic heterocycles. The van der Waals surface area contributed by atoms with Crippen molar-refractivity contribution in [3.63, 3.8) is 0 Å². The summed E-state index contributed by atoms with van der Waals surface area (Å²) in [7, 11) is 0. The highest BCUT2D eigenvalue weighted by molar-refractivity contribution is 5.83. The number of benzene rings is 1. The molecule has 2 saturated heterocycles. The van der Waals surface area contributed by atoms with Gasteiger partial charge < -0.3 is 14.5 Å². The van der Waals surface area contributed by atoms with E-state index in [0.29, 0.717) is 12.6 Å². The van der Waals surface area contributed by atoms with Gasteiger partial charge in [0.05, 0.1) is 23.9 Å². The Morgan fingerprint density at radius 1 is 1.10 bits per heavy atom. The molecule has 162 valence electrons. The quantitative estimate of drug-likeness (QED) is 0.754. The fourth-order valence-electron chi connectivity index (χ4n) is 4.80. The largest absolute Gasteiger partial charge is 0.494 e. The van der Waals surface area contributed by atoms with Crippen molar-refractivity contribution in [3.8, 4) is 5.75 Å². The molecule has 0 N–H and O–H groups in total. The molecule has 0 radical (unpaired) electrons. The number of likely N-dealkylation sites (N-methyl/N-ethyl adjacent to an activating group) is 1. The van der Waals surface area contributed by atoms with E-state index in [1.54, 1.807) is 0 Å². The van der Waals surface area contributed by atoms with E-state index in [2.05, 4.69) is 23.6 Å². The second kappa shape index (κ2) is 8.76. The normalized spacial score (nSPS) is 21.5. The number of hydrogen-bond acceptors (Lipinski definition) is 6. The van der Waals surface area contributed by atoms with Crippen LogP contribution in [0.2, 0.25) is 0 Å². The molecule has 3 heterocycles. The molecular formula is C23H33N5O2. The van der Waals surface area contributed by atoms with Crippen LogP contribution >= 0.6 is 0 Å². The number of fused-ring (bicyclic) bond motifs is 1. The van der Waals surface area contributed by atoms with Crippen LogP contribution in [0.4, 0.5) is 5.95 Å². The van der Waals surface area contributed by atoms with Gasteiger partial charge in [-0.1, -0.05) is 0 Å². The van der Waals surface area contributed by atoms with Gasteiger partial charge in [0.2, 0.25) is 11.9 Å². The monoisotopic (exact) mass is 411 g/mol. The topological polar surface area (TPSA) is 61.8 Å². The lowest BCUT2D eigenvalue weighted by atomic mass is 9.99. The molecular weight excluding hydrogens is 378 g/mol. The summed E-state index contributed by atoms with van der Waals surface area (Å²) in [4.78, 5) is 28.9. The number of hydrogen-bond donors (Lipinski definition) is 0. The van der Waals surface area contributed by atoms with E-state index < -0.39 is 0 Å². The van der Waals surface area contributed by atoms with Gasteiger partial charge in [0.1, 0.15) is 5.75 Å². The zero-order valence-electron chi connectivity index (χ0n) is 18.6. The molecule has 1 atom stereocenters. The number of amides is 1. The third-order valence-electron chi connectivity index (χ3n) is 6.55. The molecule has 1 aromatic carbocycles. The van der Waals surface area contributed by atoms with Gasteiger partial charge in [0.15, 0.2) is 0 Å². The molecule has 1 aromatic heterocycles. The number of nitrogens with zero attached hydrogens (tertiary/aromatic N) is 5. The number of piperidine rings is 1. The Morgan fingerprint density at radius 2 is 1.87 bits per heavy atom. The van der Waals surface area contributed by atoms with Gasteiger partial charge in [-0.2, -0.15) is 0 Å². The lowest BCUT2D eigenvalue weighted by Gasteiger charge is -2.45. The number of carbonyl (C=O) groups is 1. The van der Waals surface area contributed by atoms with Crippen LogP contribution in [-0.4, -0.2) is 77.1 Å². The maximum atomic E-state index is 12.6. The van der Waals surface area contributed by atoms with E-state index in [0.717, 1.165) is 73.9 Å². The summed E-state index contributed by atoms with van der Waals surface area (Å²) in [6.07, 6.45) is 2.07. The van der Waals surface area contributed by atoms with E-state index in [4.69, 9.17) is 14.7 Å². The summed E-state index contributed by atoms with van der Waals surface area (Å²) < 4.78 is 5.62. The average Bonchev–Trinajstić information content (AvgIpc) is 2.76. The lowest BCUT2D eigenvalue weighted by molar-refractivity contribution is -0.142. The molecule has 2 fully saturated rings. The van der Waals surface area contributed by atoms with Crippen molar-refractivity contribution in [2.24, 2.45) is 0 Å². The van der Waals surface area contributed by atoms with Crippen molar-refractivity contribution in [2.45, 2.75) is 52.6 Å². The smallest absolute Gasteiger partial charge is 0.239 e. The number of aromatic nitrogens is 2. The van der Waals surface area contributed by atoms with Crippen LogP contribution < -0.4 is 9.64 Å². The van der Waals surface area contributed by atoms with Crippen molar-refractivity contribution < 1.29 is 9.53 Å². The minimum absolute atomic E-state index is 0.0195. The zero-order chi connectivity index (χ0) is 21.3. The number of aryl methyl sites for hydroxylation is 1. The van der Waals surface area contributed by atoms with Gasteiger partial charge in [-0.15, -0.1) is 0 Å². The number of ether oxygens (including phenoxy) is 1. The molecule has 2 aliphatic rings. The van der Waals surface area contributed by atoms with Gasteiger partial charge in [0.25, 0.3) is 0 Å². The molecule has 0 unspecified atom stereocenters. The van der Waals surface area contributed by atoms with Crippen LogP contribution in [0.25, 0.3) is 10.9 Å². The third kappa shape index (κ3) is 3.95. The molecule has 0 spiro atoms. The molecule has 4 rings (SSSR count). The minimum atomic E-state index is -0.0195. The first-order chi connectivity index (χ1) is 14.5. The predicted octanol–water partition coefficient (Wildman–Crippen LogP) is 2.86. The van der Waals surface area contributed by atoms with E-state index in [9.17, 15) is 4.79 Å². The second-order valence-corrected chi connectivity index (χ2v) is 8.27. The molecule has 0 saturated carbocycles. The van der Waals surface area contributed by atoms with E-state index >= 15 is 0 Å². The SMILES string of the molecule is CCOc1ccc2nc(N3CCC(N4CCN(CC)C(=O)[C@@H]4C)CC3)nc(C)c2c1. The van der Waals surface area contributed by atoms with Crippen LogP contribution in [-0.2, 0) is 4.79 Å². The second-order valence-electron chi connectivity index (χ2n) is 8.27. The highest BCUT2D eigenvalue weighted by atomic mass is 16.5. The van der Waals surface area contributed by atoms with Gasteiger partial charge in [-0.25, -0.2) is 9.97 Å². The Hall–Kier alpha value is -2.41. The molecule has 0 bridgehead atoms. The maximum absolute atomic E-state index is 12.6. The summed E-state index contributed by atoms with van der Waals surface area (Å²) in [6.45, 7) is 13.2. The Labute approximate surface area is 179 Å². The Kier molecular flexibility index (Phi) is 6.09. The highest BCUT2D eigenvalue weighted by Crippen LogP contribution is 2.27. The number of piperazine rings is 1. The first-order valence-electron chi connectivity index (χ1n) is 11.2. The molecule has 7 nitrogen and oxygen atoms in total. The Balaban J connectivity index is 1.44. The summed E-state index contributed by atoms with van der Waals surface area (Å²) in [5, 5.41) is 1.04. The molecule has 30 heavy (non-hydrogen) atoms. The van der Waals surface area contributed by atoms with Gasteiger partial charge >= 0.3 is 0 Å². The predicted molar refractivity (Wildman–Crippen MR) is 119 cm³/mol. The Morgan fingerprint density at radius 3 is 2.57 bits per heavy atom. The minimum Gasteiger partial charge on any atom is -0.494 e. The summed E-state index contributed by atoms with van der Waals surface area (Å²) in [5.41, 5.74) is 1.94. The van der Waals surface area contributed by atoms with Crippen molar-refractivity contribution in [1.82, 2.24) is 19.8 Å². The van der Waals surface area contributed by atoms with Crippen LogP contribution in [0.15, 0.2) is 18.2 Å². The van der Waals surface area contributed by atoms with Crippen molar-refractivity contribution in [3.05, 3.63) is 23.9 Å². The third-order valence-corrected chi connectivity index (χ3v) is 6.55. The van der Waals surface area contributed by atoms with Gasteiger partial charge in [0, 0.05) is 44.2 Å². The highest BCUT2D eigenvalue weighted by Gasteiger charge is 2.36. The maximum Gasteiger partial charge on any atom is 0.239 e. The van der Waals surface area contributed by atoms with E-state index in [1.165, 1.54) is 0 Å². The molecule has 1 amide bonds. The molecule has 2 aromatic rings. The van der Waals surface area contributed by atoms with E-state index in [-0.39, 0.29) is 11.9 Å². The number of anilines is 1. The number of carbonyl (C=O) groups excluding carboxylic acids is 1. The van der Waals surface area contributed by atoms with Crippen molar-refractivity contribution in [2.75, 3.05) is 44.2 Å². The van der Waals surface area contributed by atoms with Crippen LogP contribution in [0, 0.1) is 6.92 Å². The summed E-state index contributed by atoms with van der Waals surface area (Å²) >= 11 is 0. The van der Waals surface area contributed by atoms with Gasteiger partial charge in [-0.05, 0) is 58.7 Å². The van der Waals surface area contributed by atoms with E-state index in [1.807, 2.05) is 36.9 Å². The average molecular weight is 412 g/mol. The Bertz CT molecular complexity index is 910. The first kappa shape index (κ1) is 20.8. The van der Waals surface area contributed by atoms with Crippen LogP contribution in [0.3, 0.4) is 0 Å². The number of rotatable bonds is 5. The van der Waals surface area contributed by atoms with Crippen molar-refractivity contribution >= 4 is 22.8 Å². The van der Waals surface area contributed by atoms with Crippen molar-refractivity contribution in [1.29, 1.82) is 0 Å². The first-order valence-corrected chi connectivity index (χ1v) is 11.2. The summed E-state index contributed by atoms with van der Waals surface area (Å²) in [5.74, 6) is 1.94. The summed E-state index contributed by atoms with van der Waals surface area (Å²) in [6, 6.07) is 6.45. The molecule has 7 heteroatoms. The fraction of sp³-hybridized carbons (Fsp3) is 0.609. The van der Waals surface area contributed by atoms with Gasteiger partial charge in [-0.3, -0.25) is 9.69 Å². The molecule has 0 aliphatic carbocycles. The lowest BCUT2D eigenvalue weighted by Crippen LogP contribution is -2.60. The fourth-order valence-corrected chi connectivity index (χ4v) is 4.80. The van der Waals surface area contributed by atoms with Crippen LogP contribution in [0.1, 0.15) is 39.3 Å². The zero-order valence-corrected chi connectivity index (χ0v) is 18.6.